The highest BCUT2D eigenvalue weighted by atomic mass is 35.5. The highest BCUT2D eigenvalue weighted by molar-refractivity contribution is 6.32. The van der Waals surface area contributed by atoms with Crippen molar-refractivity contribution in [2.75, 3.05) is 24.4 Å². The largest absolute Gasteiger partial charge is 0.495 e. The van der Waals surface area contributed by atoms with Gasteiger partial charge in [-0.15, -0.1) is 0 Å². The molecule has 0 aliphatic heterocycles. The first-order chi connectivity index (χ1) is 12.6. The van der Waals surface area contributed by atoms with Crippen molar-refractivity contribution in [3.63, 3.8) is 0 Å². The molecule has 0 atom stereocenters. The summed E-state index contributed by atoms with van der Waals surface area (Å²) in [6, 6.07) is 18.3. The van der Waals surface area contributed by atoms with Crippen molar-refractivity contribution in [3.05, 3.63) is 77.6 Å². The molecule has 0 bridgehead atoms. The maximum atomic E-state index is 12.7. The maximum Gasteiger partial charge on any atom is 0.276 e. The molecule has 26 heavy (non-hydrogen) atoms. The Bertz CT molecular complexity index is 916. The van der Waals surface area contributed by atoms with E-state index < -0.39 is 0 Å². The Morgan fingerprint density at radius 1 is 1.08 bits per heavy atom. The highest BCUT2D eigenvalue weighted by Gasteiger charge is 2.15. The van der Waals surface area contributed by atoms with E-state index in [0.717, 1.165) is 17.1 Å². The third kappa shape index (κ3) is 3.95. The smallest absolute Gasteiger partial charge is 0.276 e. The topological polar surface area (TPSA) is 54.5 Å². The second-order valence-corrected chi connectivity index (χ2v) is 6.01. The van der Waals surface area contributed by atoms with Gasteiger partial charge < -0.3 is 15.0 Å². The number of hydrogen-bond donors (Lipinski definition) is 1. The van der Waals surface area contributed by atoms with Crippen LogP contribution in [0, 0.1) is 0 Å². The molecule has 0 spiro atoms. The SMILES string of the molecule is COc1ccc(Nc2ccnc(C(=O)N(C)c3ccccc3)c2)cc1Cl. The minimum absolute atomic E-state index is 0.187. The summed E-state index contributed by atoms with van der Waals surface area (Å²) in [6.07, 6.45) is 1.60. The molecule has 3 rings (SSSR count). The number of aromatic nitrogens is 1. The van der Waals surface area contributed by atoms with Crippen molar-refractivity contribution in [2.45, 2.75) is 0 Å². The van der Waals surface area contributed by atoms with E-state index in [9.17, 15) is 4.79 Å². The molecule has 0 aliphatic carbocycles. The van der Waals surface area contributed by atoms with Crippen LogP contribution >= 0.6 is 11.6 Å². The number of hydrogen-bond acceptors (Lipinski definition) is 4. The Morgan fingerprint density at radius 2 is 1.81 bits per heavy atom. The average molecular weight is 368 g/mol. The number of pyridine rings is 1. The molecule has 1 aromatic heterocycles. The number of nitrogens with zero attached hydrogens (tertiary/aromatic N) is 2. The fraction of sp³-hybridized carbons (Fsp3) is 0.100. The number of halogens is 1. The third-order valence-electron chi connectivity index (χ3n) is 3.87. The molecular weight excluding hydrogens is 350 g/mol. The lowest BCUT2D eigenvalue weighted by Crippen LogP contribution is -2.27. The summed E-state index contributed by atoms with van der Waals surface area (Å²) in [4.78, 5) is 18.4. The molecule has 1 N–H and O–H groups in total. The van der Waals surface area contributed by atoms with Crippen molar-refractivity contribution in [1.82, 2.24) is 4.98 Å². The zero-order chi connectivity index (χ0) is 18.5. The molecule has 0 saturated heterocycles. The summed E-state index contributed by atoms with van der Waals surface area (Å²) in [5.74, 6) is 0.417. The molecule has 0 saturated carbocycles. The molecule has 6 heteroatoms. The van der Waals surface area contributed by atoms with Crippen LogP contribution in [-0.2, 0) is 0 Å². The van der Waals surface area contributed by atoms with Crippen molar-refractivity contribution in [1.29, 1.82) is 0 Å². The van der Waals surface area contributed by atoms with Gasteiger partial charge in [-0.25, -0.2) is 0 Å². The Morgan fingerprint density at radius 3 is 2.50 bits per heavy atom. The van der Waals surface area contributed by atoms with Crippen molar-refractivity contribution in [3.8, 4) is 5.75 Å². The zero-order valence-electron chi connectivity index (χ0n) is 14.4. The quantitative estimate of drug-likeness (QED) is 0.706. The van der Waals surface area contributed by atoms with Crippen LogP contribution in [0.25, 0.3) is 0 Å². The number of methoxy groups -OCH3 is 1. The van der Waals surface area contributed by atoms with Gasteiger partial charge in [0, 0.05) is 30.3 Å². The van der Waals surface area contributed by atoms with Crippen molar-refractivity contribution >= 4 is 34.6 Å². The fourth-order valence-corrected chi connectivity index (χ4v) is 2.73. The minimum Gasteiger partial charge on any atom is -0.495 e. The normalized spacial score (nSPS) is 10.3. The number of carbonyl (C=O) groups excluding carboxylic acids is 1. The van der Waals surface area contributed by atoms with Gasteiger partial charge in [-0.05, 0) is 42.5 Å². The van der Waals surface area contributed by atoms with Gasteiger partial charge >= 0.3 is 0 Å². The molecule has 2 aromatic carbocycles. The summed E-state index contributed by atoms with van der Waals surface area (Å²) >= 11 is 6.15. The molecule has 1 heterocycles. The first kappa shape index (κ1) is 17.8. The molecule has 3 aromatic rings. The van der Waals surface area contributed by atoms with Crippen LogP contribution < -0.4 is 15.0 Å². The second kappa shape index (κ2) is 7.89. The molecule has 0 aliphatic rings. The second-order valence-electron chi connectivity index (χ2n) is 5.60. The van der Waals surface area contributed by atoms with E-state index in [2.05, 4.69) is 10.3 Å². The lowest BCUT2D eigenvalue weighted by Gasteiger charge is -2.17. The molecule has 1 amide bonds. The summed E-state index contributed by atoms with van der Waals surface area (Å²) in [5.41, 5.74) is 2.68. The van der Waals surface area contributed by atoms with Gasteiger partial charge in [-0.2, -0.15) is 0 Å². The van der Waals surface area contributed by atoms with Crippen LogP contribution in [0.3, 0.4) is 0 Å². The molecule has 0 unspecified atom stereocenters. The third-order valence-corrected chi connectivity index (χ3v) is 4.16. The number of ether oxygens (including phenoxy) is 1. The molecule has 5 nitrogen and oxygen atoms in total. The van der Waals surface area contributed by atoms with Gasteiger partial charge in [-0.1, -0.05) is 29.8 Å². The van der Waals surface area contributed by atoms with Crippen LogP contribution in [0.1, 0.15) is 10.5 Å². The Hall–Kier alpha value is -3.05. The van der Waals surface area contributed by atoms with Crippen LogP contribution in [0.2, 0.25) is 5.02 Å². The Labute approximate surface area is 157 Å². The van der Waals surface area contributed by atoms with E-state index in [-0.39, 0.29) is 5.91 Å². The lowest BCUT2D eigenvalue weighted by atomic mass is 10.2. The van der Waals surface area contributed by atoms with Crippen LogP contribution in [0.5, 0.6) is 5.75 Å². The predicted molar refractivity (Wildman–Crippen MR) is 105 cm³/mol. The Kier molecular flexibility index (Phi) is 5.39. The predicted octanol–water partition coefficient (Wildman–Crippen LogP) is 4.76. The summed E-state index contributed by atoms with van der Waals surface area (Å²) in [5, 5.41) is 3.73. The number of benzene rings is 2. The van der Waals surface area contributed by atoms with Gasteiger partial charge in [0.1, 0.15) is 11.4 Å². The standard InChI is InChI=1S/C20H18ClN3O2/c1-24(16-6-4-3-5-7-16)20(25)18-13-15(10-11-22-18)23-14-8-9-19(26-2)17(21)12-14/h3-13H,1-2H3,(H,22,23). The lowest BCUT2D eigenvalue weighted by molar-refractivity contribution is 0.0988. The van der Waals surface area contributed by atoms with Gasteiger partial charge in [-0.3, -0.25) is 9.78 Å². The first-order valence-corrected chi connectivity index (χ1v) is 8.36. The van der Waals surface area contributed by atoms with E-state index in [4.69, 9.17) is 16.3 Å². The number of anilines is 3. The number of rotatable bonds is 5. The van der Waals surface area contributed by atoms with Gasteiger partial charge in [0.05, 0.1) is 12.1 Å². The first-order valence-electron chi connectivity index (χ1n) is 7.98. The summed E-state index contributed by atoms with van der Waals surface area (Å²) in [6.45, 7) is 0. The van der Waals surface area contributed by atoms with Crippen LogP contribution in [0.4, 0.5) is 17.1 Å². The van der Waals surface area contributed by atoms with Crippen LogP contribution in [0.15, 0.2) is 66.9 Å². The van der Waals surface area contributed by atoms with Crippen LogP contribution in [-0.4, -0.2) is 25.0 Å². The molecular formula is C20H18ClN3O2. The van der Waals surface area contributed by atoms with E-state index >= 15 is 0 Å². The molecule has 132 valence electrons. The number of para-hydroxylation sites is 1. The van der Waals surface area contributed by atoms with Gasteiger partial charge in [0.2, 0.25) is 0 Å². The summed E-state index contributed by atoms with van der Waals surface area (Å²) in [7, 11) is 3.29. The highest BCUT2D eigenvalue weighted by Crippen LogP contribution is 2.29. The minimum atomic E-state index is -0.187. The number of amides is 1. The summed E-state index contributed by atoms with van der Waals surface area (Å²) < 4.78 is 5.15. The van der Waals surface area contributed by atoms with Gasteiger partial charge in [0.15, 0.2) is 0 Å². The Balaban J connectivity index is 1.80. The van der Waals surface area contributed by atoms with Crippen molar-refractivity contribution < 1.29 is 9.53 Å². The number of carbonyl (C=O) groups is 1. The van der Waals surface area contributed by atoms with E-state index in [1.165, 1.54) is 0 Å². The molecule has 0 radical (unpaired) electrons. The van der Waals surface area contributed by atoms with E-state index in [1.54, 1.807) is 49.5 Å². The zero-order valence-corrected chi connectivity index (χ0v) is 15.2. The maximum absolute atomic E-state index is 12.7. The van der Waals surface area contributed by atoms with Gasteiger partial charge in [0.25, 0.3) is 5.91 Å². The number of nitrogens with one attached hydrogen (secondary N) is 1. The van der Waals surface area contributed by atoms with E-state index in [1.807, 2.05) is 36.4 Å². The fourth-order valence-electron chi connectivity index (χ4n) is 2.48. The molecule has 0 fully saturated rings. The monoisotopic (exact) mass is 367 g/mol. The van der Waals surface area contributed by atoms with Crippen molar-refractivity contribution in [2.24, 2.45) is 0 Å². The van der Waals surface area contributed by atoms with E-state index in [0.29, 0.717) is 16.5 Å². The average Bonchev–Trinajstić information content (AvgIpc) is 2.68.